The van der Waals surface area contributed by atoms with Crippen molar-refractivity contribution in [1.82, 2.24) is 0 Å². The van der Waals surface area contributed by atoms with Crippen LogP contribution in [0.1, 0.15) is 24.2 Å². The summed E-state index contributed by atoms with van der Waals surface area (Å²) in [5, 5.41) is 10.2. The van der Waals surface area contributed by atoms with E-state index >= 15 is 0 Å². The number of aliphatic hydroxyl groups is 1. The Bertz CT molecular complexity index is 555. The second-order valence-electron chi connectivity index (χ2n) is 4.37. The van der Waals surface area contributed by atoms with Gasteiger partial charge in [0.15, 0.2) is 11.5 Å². The number of hydrogen-bond donors (Lipinski definition) is 1. The van der Waals surface area contributed by atoms with Crippen LogP contribution in [0.5, 0.6) is 11.5 Å². The summed E-state index contributed by atoms with van der Waals surface area (Å²) in [5.74, 6) is 0.132. The lowest BCUT2D eigenvalue weighted by Gasteiger charge is -2.15. The molecule has 2 rings (SSSR count). The van der Waals surface area contributed by atoms with E-state index in [0.29, 0.717) is 18.6 Å². The zero-order chi connectivity index (χ0) is 15.2. The van der Waals surface area contributed by atoms with Crippen LogP contribution in [0.15, 0.2) is 41.2 Å². The molecule has 0 aliphatic heterocycles. The van der Waals surface area contributed by atoms with Gasteiger partial charge in [0, 0.05) is 6.42 Å². The first kappa shape index (κ1) is 15.3. The smallest absolute Gasteiger partial charge is 0.387 e. The monoisotopic (exact) mass is 298 g/mol. The van der Waals surface area contributed by atoms with Gasteiger partial charge in [-0.1, -0.05) is 6.07 Å². The molecule has 0 saturated carbocycles. The van der Waals surface area contributed by atoms with Crippen molar-refractivity contribution in [1.29, 1.82) is 0 Å². The first-order chi connectivity index (χ1) is 10.1. The third kappa shape index (κ3) is 4.19. The molecule has 6 heteroatoms. The number of benzene rings is 1. The number of furan rings is 1. The molecular weight excluding hydrogens is 282 g/mol. The highest BCUT2D eigenvalue weighted by Crippen LogP contribution is 2.32. The Balaban J connectivity index is 2.17. The van der Waals surface area contributed by atoms with E-state index in [0.717, 1.165) is 5.56 Å². The number of ether oxygens (including phenoxy) is 2. The van der Waals surface area contributed by atoms with Crippen LogP contribution in [0, 0.1) is 0 Å². The summed E-state index contributed by atoms with van der Waals surface area (Å²) in [4.78, 5) is 0. The fourth-order valence-corrected chi connectivity index (χ4v) is 1.94. The third-order valence-electron chi connectivity index (χ3n) is 2.88. The molecule has 0 saturated heterocycles. The molecule has 1 aromatic heterocycles. The maximum absolute atomic E-state index is 12.3. The Kier molecular flexibility index (Phi) is 5.16. The average molecular weight is 298 g/mol. The molecule has 1 N–H and O–H groups in total. The van der Waals surface area contributed by atoms with Gasteiger partial charge in [-0.25, -0.2) is 0 Å². The molecule has 0 aliphatic rings. The van der Waals surface area contributed by atoms with Crippen LogP contribution in [0.25, 0.3) is 0 Å². The molecule has 1 atom stereocenters. The molecule has 0 fully saturated rings. The first-order valence-electron chi connectivity index (χ1n) is 6.50. The van der Waals surface area contributed by atoms with Gasteiger partial charge in [0.05, 0.1) is 25.2 Å². The van der Waals surface area contributed by atoms with Crippen LogP contribution in [0.2, 0.25) is 0 Å². The molecule has 1 heterocycles. The van der Waals surface area contributed by atoms with Crippen molar-refractivity contribution in [3.63, 3.8) is 0 Å². The number of aliphatic hydroxyl groups excluding tert-OH is 1. The number of rotatable bonds is 7. The second kappa shape index (κ2) is 7.08. The van der Waals surface area contributed by atoms with E-state index in [9.17, 15) is 13.9 Å². The van der Waals surface area contributed by atoms with E-state index in [-0.39, 0.29) is 11.5 Å². The molecule has 4 nitrogen and oxygen atoms in total. The standard InChI is InChI=1S/C15H16F2O4/c1-2-20-14-8-11(3-4-13(14)21-15(16)17)12(18)7-10-5-6-19-9-10/h3-6,8-9,12,15,18H,2,7H2,1H3. The first-order valence-corrected chi connectivity index (χ1v) is 6.50. The zero-order valence-electron chi connectivity index (χ0n) is 11.5. The van der Waals surface area contributed by atoms with Crippen molar-refractivity contribution in [3.8, 4) is 11.5 Å². The van der Waals surface area contributed by atoms with Gasteiger partial charge in [0.1, 0.15) is 0 Å². The second-order valence-corrected chi connectivity index (χ2v) is 4.37. The van der Waals surface area contributed by atoms with Crippen LogP contribution in [0.3, 0.4) is 0 Å². The Morgan fingerprint density at radius 2 is 2.05 bits per heavy atom. The SMILES string of the molecule is CCOc1cc(C(O)Cc2ccoc2)ccc1OC(F)F. The van der Waals surface area contributed by atoms with E-state index in [1.807, 2.05) is 0 Å². The highest BCUT2D eigenvalue weighted by Gasteiger charge is 2.15. The van der Waals surface area contributed by atoms with Crippen molar-refractivity contribution in [2.75, 3.05) is 6.61 Å². The summed E-state index contributed by atoms with van der Waals surface area (Å²) in [6.07, 6.45) is 2.63. The predicted octanol–water partition coefficient (Wildman–Crippen LogP) is 3.56. The quantitative estimate of drug-likeness (QED) is 0.849. The van der Waals surface area contributed by atoms with E-state index in [4.69, 9.17) is 9.15 Å². The maximum Gasteiger partial charge on any atom is 0.387 e. The summed E-state index contributed by atoms with van der Waals surface area (Å²) in [7, 11) is 0. The van der Waals surface area contributed by atoms with E-state index in [2.05, 4.69) is 4.74 Å². The molecule has 0 radical (unpaired) electrons. The lowest BCUT2D eigenvalue weighted by molar-refractivity contribution is -0.0514. The van der Waals surface area contributed by atoms with E-state index in [1.165, 1.54) is 24.5 Å². The molecule has 21 heavy (non-hydrogen) atoms. The van der Waals surface area contributed by atoms with Gasteiger partial charge >= 0.3 is 6.61 Å². The normalized spacial score (nSPS) is 12.4. The van der Waals surface area contributed by atoms with Gasteiger partial charge in [-0.2, -0.15) is 8.78 Å². The van der Waals surface area contributed by atoms with Crippen molar-refractivity contribution in [2.24, 2.45) is 0 Å². The van der Waals surface area contributed by atoms with Crippen molar-refractivity contribution in [2.45, 2.75) is 26.1 Å². The molecule has 0 amide bonds. The molecule has 1 aromatic carbocycles. The minimum absolute atomic E-state index is 0.0499. The lowest BCUT2D eigenvalue weighted by atomic mass is 10.0. The summed E-state index contributed by atoms with van der Waals surface area (Å²) in [5.41, 5.74) is 1.40. The largest absolute Gasteiger partial charge is 0.490 e. The van der Waals surface area contributed by atoms with Gasteiger partial charge in [-0.15, -0.1) is 0 Å². The Morgan fingerprint density at radius 3 is 2.67 bits per heavy atom. The average Bonchev–Trinajstić information content (AvgIpc) is 2.93. The topological polar surface area (TPSA) is 51.8 Å². The fourth-order valence-electron chi connectivity index (χ4n) is 1.94. The van der Waals surface area contributed by atoms with E-state index < -0.39 is 12.7 Å². The summed E-state index contributed by atoms with van der Waals surface area (Å²) in [6, 6.07) is 6.16. The van der Waals surface area contributed by atoms with Gasteiger partial charge in [0.25, 0.3) is 0 Å². The Labute approximate surface area is 120 Å². The van der Waals surface area contributed by atoms with Crippen LogP contribution in [0.4, 0.5) is 8.78 Å². The molecular formula is C15H16F2O4. The number of halogens is 2. The summed E-state index contributed by atoms with van der Waals surface area (Å²) >= 11 is 0. The molecule has 1 unspecified atom stereocenters. The van der Waals surface area contributed by atoms with Gasteiger partial charge in [-0.3, -0.25) is 0 Å². The van der Waals surface area contributed by atoms with Gasteiger partial charge in [-0.05, 0) is 36.2 Å². The van der Waals surface area contributed by atoms with Gasteiger partial charge in [0.2, 0.25) is 0 Å². The maximum atomic E-state index is 12.3. The molecule has 2 aromatic rings. The molecule has 0 spiro atoms. The molecule has 0 aliphatic carbocycles. The minimum Gasteiger partial charge on any atom is -0.490 e. The molecule has 0 bridgehead atoms. The van der Waals surface area contributed by atoms with Crippen LogP contribution >= 0.6 is 0 Å². The third-order valence-corrected chi connectivity index (χ3v) is 2.88. The highest BCUT2D eigenvalue weighted by molar-refractivity contribution is 5.44. The van der Waals surface area contributed by atoms with Gasteiger partial charge < -0.3 is 19.0 Å². The lowest BCUT2D eigenvalue weighted by Crippen LogP contribution is -2.06. The molecule has 114 valence electrons. The fraction of sp³-hybridized carbons (Fsp3) is 0.333. The summed E-state index contributed by atoms with van der Waals surface area (Å²) in [6.45, 7) is -0.882. The van der Waals surface area contributed by atoms with Crippen molar-refractivity contribution < 1.29 is 27.8 Å². The Hall–Kier alpha value is -2.08. The number of alkyl halides is 2. The summed E-state index contributed by atoms with van der Waals surface area (Å²) < 4.78 is 39.2. The van der Waals surface area contributed by atoms with E-state index in [1.54, 1.807) is 19.3 Å². The Morgan fingerprint density at radius 1 is 1.24 bits per heavy atom. The van der Waals surface area contributed by atoms with Crippen molar-refractivity contribution in [3.05, 3.63) is 47.9 Å². The van der Waals surface area contributed by atoms with Crippen molar-refractivity contribution >= 4 is 0 Å². The van der Waals surface area contributed by atoms with Crippen LogP contribution in [-0.4, -0.2) is 18.3 Å². The van der Waals surface area contributed by atoms with Crippen LogP contribution < -0.4 is 9.47 Å². The highest BCUT2D eigenvalue weighted by atomic mass is 19.3. The zero-order valence-corrected chi connectivity index (χ0v) is 11.5. The minimum atomic E-state index is -2.93. The predicted molar refractivity (Wildman–Crippen MR) is 71.6 cm³/mol. The van der Waals surface area contributed by atoms with Crippen LogP contribution in [-0.2, 0) is 6.42 Å². The number of hydrogen-bond acceptors (Lipinski definition) is 4.